The van der Waals surface area contributed by atoms with E-state index in [-0.39, 0.29) is 0 Å². The fraction of sp³-hybridized carbons (Fsp3) is 0.375. The molecule has 0 unspecified atom stereocenters. The molecule has 1 aromatic heterocycles. The fourth-order valence-corrected chi connectivity index (χ4v) is 0.935. The van der Waals surface area contributed by atoms with Gasteiger partial charge in [0.05, 0.1) is 11.8 Å². The lowest BCUT2D eigenvalue weighted by atomic mass is 10.1. The highest BCUT2D eigenvalue weighted by molar-refractivity contribution is 5.18. The van der Waals surface area contributed by atoms with Gasteiger partial charge in [0.2, 0.25) is 0 Å². The van der Waals surface area contributed by atoms with Gasteiger partial charge in [0.15, 0.2) is 0 Å². The quantitative estimate of drug-likeness (QED) is 0.635. The topological polar surface area (TPSA) is 33.1 Å². The van der Waals surface area contributed by atoms with Crippen molar-refractivity contribution >= 4 is 0 Å². The van der Waals surface area contributed by atoms with Gasteiger partial charge < -0.3 is 5.11 Å². The van der Waals surface area contributed by atoms with E-state index in [1.54, 1.807) is 13.1 Å². The second kappa shape index (κ2) is 2.80. The van der Waals surface area contributed by atoms with Gasteiger partial charge in [0, 0.05) is 6.20 Å². The lowest BCUT2D eigenvalue weighted by molar-refractivity contribution is 0.193. The van der Waals surface area contributed by atoms with Gasteiger partial charge in [-0.05, 0) is 25.5 Å². The van der Waals surface area contributed by atoms with E-state index in [1.165, 1.54) is 0 Å². The predicted molar refractivity (Wildman–Crippen MR) is 39.6 cm³/mol. The fourth-order valence-electron chi connectivity index (χ4n) is 0.935. The van der Waals surface area contributed by atoms with Crippen molar-refractivity contribution in [3.05, 3.63) is 29.6 Å². The molecule has 10 heavy (non-hydrogen) atoms. The number of hydrogen-bond acceptors (Lipinski definition) is 2. The SMILES string of the molecule is Cc1cccnc1[C@H](C)O. The largest absolute Gasteiger partial charge is 0.387 e. The number of hydrogen-bond donors (Lipinski definition) is 1. The number of aryl methyl sites for hydroxylation is 1. The summed E-state index contributed by atoms with van der Waals surface area (Å²) in [5, 5.41) is 9.14. The molecule has 0 saturated heterocycles. The Morgan fingerprint density at radius 2 is 2.30 bits per heavy atom. The second-order valence-electron chi connectivity index (χ2n) is 2.38. The lowest BCUT2D eigenvalue weighted by Crippen LogP contribution is -1.97. The van der Waals surface area contributed by atoms with Gasteiger partial charge >= 0.3 is 0 Å². The normalized spacial score (nSPS) is 13.1. The number of aromatic nitrogens is 1. The molecule has 1 heterocycles. The van der Waals surface area contributed by atoms with Crippen LogP contribution in [0.15, 0.2) is 18.3 Å². The molecule has 2 heteroatoms. The number of pyridine rings is 1. The number of aliphatic hydroxyl groups is 1. The Morgan fingerprint density at radius 1 is 1.60 bits per heavy atom. The molecule has 0 bridgehead atoms. The summed E-state index contributed by atoms with van der Waals surface area (Å²) in [5.74, 6) is 0. The molecule has 54 valence electrons. The van der Waals surface area contributed by atoms with Crippen molar-refractivity contribution in [1.82, 2.24) is 4.98 Å². The van der Waals surface area contributed by atoms with E-state index in [0.717, 1.165) is 11.3 Å². The zero-order chi connectivity index (χ0) is 7.56. The molecular weight excluding hydrogens is 126 g/mol. The first-order valence-electron chi connectivity index (χ1n) is 3.31. The van der Waals surface area contributed by atoms with Gasteiger partial charge in [-0.3, -0.25) is 4.98 Å². The van der Waals surface area contributed by atoms with Crippen molar-refractivity contribution in [2.24, 2.45) is 0 Å². The first kappa shape index (κ1) is 7.22. The molecule has 0 aromatic carbocycles. The molecule has 0 aliphatic carbocycles. The molecule has 1 atom stereocenters. The van der Waals surface area contributed by atoms with E-state index < -0.39 is 6.10 Å². The first-order chi connectivity index (χ1) is 4.72. The zero-order valence-electron chi connectivity index (χ0n) is 6.20. The Morgan fingerprint density at radius 3 is 2.70 bits per heavy atom. The summed E-state index contributed by atoms with van der Waals surface area (Å²) >= 11 is 0. The van der Waals surface area contributed by atoms with Gasteiger partial charge in [-0.2, -0.15) is 0 Å². The Hall–Kier alpha value is -0.890. The van der Waals surface area contributed by atoms with Crippen LogP contribution in [-0.2, 0) is 0 Å². The van der Waals surface area contributed by atoms with E-state index in [1.807, 2.05) is 19.1 Å². The summed E-state index contributed by atoms with van der Waals surface area (Å²) in [4.78, 5) is 4.03. The van der Waals surface area contributed by atoms with E-state index in [9.17, 15) is 0 Å². The monoisotopic (exact) mass is 137 g/mol. The van der Waals surface area contributed by atoms with Gasteiger partial charge in [-0.1, -0.05) is 6.07 Å². The van der Waals surface area contributed by atoms with E-state index >= 15 is 0 Å². The molecule has 2 nitrogen and oxygen atoms in total. The van der Waals surface area contributed by atoms with Gasteiger partial charge in [-0.25, -0.2) is 0 Å². The molecule has 0 aliphatic heterocycles. The Bertz CT molecular complexity index is 220. The summed E-state index contributed by atoms with van der Waals surface area (Å²) in [6, 6.07) is 3.80. The summed E-state index contributed by atoms with van der Waals surface area (Å²) in [7, 11) is 0. The van der Waals surface area contributed by atoms with Crippen LogP contribution in [0.4, 0.5) is 0 Å². The summed E-state index contributed by atoms with van der Waals surface area (Å²) in [6.07, 6.45) is 1.23. The Balaban J connectivity index is 3.03. The Labute approximate surface area is 60.5 Å². The molecular formula is C8H11NO. The molecule has 1 N–H and O–H groups in total. The minimum absolute atomic E-state index is 0.457. The van der Waals surface area contributed by atoms with Crippen LogP contribution in [0.25, 0.3) is 0 Å². The highest BCUT2D eigenvalue weighted by Gasteiger charge is 2.03. The smallest absolute Gasteiger partial charge is 0.0934 e. The minimum atomic E-state index is -0.457. The van der Waals surface area contributed by atoms with Crippen LogP contribution in [0.1, 0.15) is 24.3 Å². The Kier molecular flexibility index (Phi) is 2.02. The standard InChI is InChI=1S/C8H11NO/c1-6-4-3-5-9-8(6)7(2)10/h3-5,7,10H,1-2H3/t7-/m0/s1. The first-order valence-corrected chi connectivity index (χ1v) is 3.31. The van der Waals surface area contributed by atoms with Crippen LogP contribution in [0.2, 0.25) is 0 Å². The second-order valence-corrected chi connectivity index (χ2v) is 2.38. The molecule has 1 rings (SSSR count). The molecule has 0 spiro atoms. The molecule has 0 aliphatic rings. The van der Waals surface area contributed by atoms with Crippen molar-refractivity contribution in [1.29, 1.82) is 0 Å². The lowest BCUT2D eigenvalue weighted by Gasteiger charge is -2.05. The van der Waals surface area contributed by atoms with Crippen LogP contribution < -0.4 is 0 Å². The predicted octanol–water partition coefficient (Wildman–Crippen LogP) is 1.44. The average Bonchev–Trinajstić information content (AvgIpc) is 1.88. The molecule has 0 amide bonds. The van der Waals surface area contributed by atoms with Crippen molar-refractivity contribution in [2.45, 2.75) is 20.0 Å². The number of nitrogens with zero attached hydrogens (tertiary/aromatic N) is 1. The molecule has 0 radical (unpaired) electrons. The zero-order valence-corrected chi connectivity index (χ0v) is 6.20. The summed E-state index contributed by atoms with van der Waals surface area (Å²) in [5.41, 5.74) is 1.81. The van der Waals surface area contributed by atoms with Crippen LogP contribution in [0.3, 0.4) is 0 Å². The third-order valence-electron chi connectivity index (χ3n) is 1.45. The number of rotatable bonds is 1. The molecule has 0 saturated carbocycles. The van der Waals surface area contributed by atoms with Crippen molar-refractivity contribution in [3.63, 3.8) is 0 Å². The summed E-state index contributed by atoms with van der Waals surface area (Å²) in [6.45, 7) is 3.66. The maximum absolute atomic E-state index is 9.14. The third-order valence-corrected chi connectivity index (χ3v) is 1.45. The van der Waals surface area contributed by atoms with Crippen LogP contribution in [0, 0.1) is 6.92 Å². The van der Waals surface area contributed by atoms with Gasteiger partial charge in [0.25, 0.3) is 0 Å². The van der Waals surface area contributed by atoms with E-state index in [2.05, 4.69) is 4.98 Å². The minimum Gasteiger partial charge on any atom is -0.387 e. The van der Waals surface area contributed by atoms with Gasteiger partial charge in [0.1, 0.15) is 0 Å². The van der Waals surface area contributed by atoms with E-state index in [4.69, 9.17) is 5.11 Å². The maximum Gasteiger partial charge on any atom is 0.0934 e. The van der Waals surface area contributed by atoms with Crippen LogP contribution in [-0.4, -0.2) is 10.1 Å². The number of aliphatic hydroxyl groups excluding tert-OH is 1. The van der Waals surface area contributed by atoms with Gasteiger partial charge in [-0.15, -0.1) is 0 Å². The molecule has 1 aromatic rings. The molecule has 0 fully saturated rings. The summed E-state index contributed by atoms with van der Waals surface area (Å²) < 4.78 is 0. The maximum atomic E-state index is 9.14. The highest BCUT2D eigenvalue weighted by Crippen LogP contribution is 2.11. The highest BCUT2D eigenvalue weighted by atomic mass is 16.3. The third kappa shape index (κ3) is 1.33. The van der Waals surface area contributed by atoms with Crippen LogP contribution >= 0.6 is 0 Å². The van der Waals surface area contributed by atoms with Crippen molar-refractivity contribution < 1.29 is 5.11 Å². The average molecular weight is 137 g/mol. The van der Waals surface area contributed by atoms with E-state index in [0.29, 0.717) is 0 Å². The van der Waals surface area contributed by atoms with Crippen molar-refractivity contribution in [2.75, 3.05) is 0 Å². The van der Waals surface area contributed by atoms with Crippen molar-refractivity contribution in [3.8, 4) is 0 Å². The van der Waals surface area contributed by atoms with Crippen LogP contribution in [0.5, 0.6) is 0 Å².